The summed E-state index contributed by atoms with van der Waals surface area (Å²) in [5.41, 5.74) is 1.87. The van der Waals surface area contributed by atoms with Crippen LogP contribution in [0, 0.1) is 0 Å². The van der Waals surface area contributed by atoms with Gasteiger partial charge in [-0.05, 0) is 30.4 Å². The molecule has 0 radical (unpaired) electrons. The fourth-order valence-electron chi connectivity index (χ4n) is 1.98. The summed E-state index contributed by atoms with van der Waals surface area (Å²) >= 11 is 1.66. The first kappa shape index (κ1) is 10.6. The minimum Gasteiger partial charge on any atom is -0.348 e. The molecule has 2 heterocycles. The number of hydrogen-bond donors (Lipinski definition) is 1. The van der Waals surface area contributed by atoms with Gasteiger partial charge in [0.15, 0.2) is 0 Å². The van der Waals surface area contributed by atoms with Crippen molar-refractivity contribution in [1.82, 2.24) is 9.88 Å². The van der Waals surface area contributed by atoms with Gasteiger partial charge < -0.3 is 9.88 Å². The molecule has 0 aromatic carbocycles. The third-order valence-electron chi connectivity index (χ3n) is 2.98. The monoisotopic (exact) mass is 246 g/mol. The Labute approximate surface area is 104 Å². The molecule has 2 aromatic heterocycles. The maximum atomic E-state index is 12.1. The fraction of sp³-hybridized carbons (Fsp3) is 0.308. The molecule has 1 saturated carbocycles. The highest BCUT2D eigenvalue weighted by molar-refractivity contribution is 7.17. The van der Waals surface area contributed by atoms with Crippen molar-refractivity contribution in [2.75, 3.05) is 0 Å². The molecule has 0 spiro atoms. The Morgan fingerprint density at radius 1 is 1.65 bits per heavy atom. The molecule has 1 amide bonds. The van der Waals surface area contributed by atoms with Crippen molar-refractivity contribution >= 4 is 27.5 Å². The number of rotatable bonds is 4. The molecule has 2 aromatic rings. The van der Waals surface area contributed by atoms with Gasteiger partial charge in [0.2, 0.25) is 0 Å². The van der Waals surface area contributed by atoms with Crippen LogP contribution in [0.15, 0.2) is 30.2 Å². The van der Waals surface area contributed by atoms with Crippen LogP contribution in [0.1, 0.15) is 23.3 Å². The molecule has 3 rings (SSSR count). The minimum absolute atomic E-state index is 0.0396. The lowest BCUT2D eigenvalue weighted by Crippen LogP contribution is -2.27. The van der Waals surface area contributed by atoms with Crippen molar-refractivity contribution in [1.29, 1.82) is 0 Å². The van der Waals surface area contributed by atoms with Crippen molar-refractivity contribution in [3.05, 3.63) is 35.9 Å². The zero-order valence-electron chi connectivity index (χ0n) is 9.48. The Bertz CT molecular complexity index is 577. The van der Waals surface area contributed by atoms with Gasteiger partial charge in [-0.1, -0.05) is 6.08 Å². The van der Waals surface area contributed by atoms with Gasteiger partial charge in [-0.3, -0.25) is 4.79 Å². The van der Waals surface area contributed by atoms with E-state index in [2.05, 4.69) is 18.0 Å². The predicted octanol–water partition coefficient (Wildman–Crippen LogP) is 2.78. The van der Waals surface area contributed by atoms with E-state index in [9.17, 15) is 4.79 Å². The quantitative estimate of drug-likeness (QED) is 0.827. The molecule has 0 atom stereocenters. The van der Waals surface area contributed by atoms with Gasteiger partial charge in [-0.2, -0.15) is 0 Å². The van der Waals surface area contributed by atoms with E-state index in [0.29, 0.717) is 12.6 Å². The maximum Gasteiger partial charge on any atom is 0.268 e. The third-order valence-corrected chi connectivity index (χ3v) is 3.83. The van der Waals surface area contributed by atoms with Gasteiger partial charge in [-0.25, -0.2) is 0 Å². The number of thiophene rings is 1. The van der Waals surface area contributed by atoms with E-state index < -0.39 is 0 Å². The lowest BCUT2D eigenvalue weighted by atomic mass is 10.4. The van der Waals surface area contributed by atoms with E-state index in [0.717, 1.165) is 28.8 Å². The number of allylic oxidation sites excluding steroid dienone is 1. The molecule has 1 fully saturated rings. The average Bonchev–Trinajstić information content (AvgIpc) is 2.89. The second-order valence-electron chi connectivity index (χ2n) is 4.35. The molecule has 0 bridgehead atoms. The van der Waals surface area contributed by atoms with Gasteiger partial charge in [0.1, 0.15) is 5.69 Å². The normalized spacial score (nSPS) is 15.1. The van der Waals surface area contributed by atoms with Crippen LogP contribution in [0.2, 0.25) is 0 Å². The molecule has 1 N–H and O–H groups in total. The van der Waals surface area contributed by atoms with E-state index in [1.165, 1.54) is 0 Å². The van der Waals surface area contributed by atoms with E-state index in [4.69, 9.17) is 0 Å². The van der Waals surface area contributed by atoms with Crippen molar-refractivity contribution in [3.63, 3.8) is 0 Å². The zero-order valence-corrected chi connectivity index (χ0v) is 10.3. The number of aromatic nitrogens is 1. The summed E-state index contributed by atoms with van der Waals surface area (Å²) in [6, 6.07) is 4.42. The van der Waals surface area contributed by atoms with Crippen LogP contribution in [-0.2, 0) is 6.54 Å². The van der Waals surface area contributed by atoms with Crippen molar-refractivity contribution < 1.29 is 4.79 Å². The summed E-state index contributed by atoms with van der Waals surface area (Å²) in [5.74, 6) is 0.0396. The van der Waals surface area contributed by atoms with E-state index >= 15 is 0 Å². The Hall–Kier alpha value is -1.55. The van der Waals surface area contributed by atoms with Crippen LogP contribution >= 0.6 is 11.3 Å². The van der Waals surface area contributed by atoms with Gasteiger partial charge in [0.25, 0.3) is 5.91 Å². The van der Waals surface area contributed by atoms with Crippen LogP contribution in [0.5, 0.6) is 0 Å². The van der Waals surface area contributed by atoms with Crippen molar-refractivity contribution in [2.45, 2.75) is 25.4 Å². The van der Waals surface area contributed by atoms with Crippen LogP contribution in [0.25, 0.3) is 10.2 Å². The smallest absolute Gasteiger partial charge is 0.268 e. The van der Waals surface area contributed by atoms with Crippen LogP contribution in [0.3, 0.4) is 0 Å². The molecular weight excluding hydrogens is 232 g/mol. The molecule has 88 valence electrons. The lowest BCUT2D eigenvalue weighted by Gasteiger charge is -2.07. The standard InChI is InChI=1S/C13H14N2OS/c1-2-6-15-10-5-7-17-12(10)8-11(15)13(16)14-9-3-4-9/h2,5,7-9H,1,3-4,6H2,(H,14,16). The highest BCUT2D eigenvalue weighted by Crippen LogP contribution is 2.26. The van der Waals surface area contributed by atoms with Crippen LogP contribution in [0.4, 0.5) is 0 Å². The van der Waals surface area contributed by atoms with E-state index in [-0.39, 0.29) is 5.91 Å². The molecule has 1 aliphatic rings. The molecule has 0 unspecified atom stereocenters. The van der Waals surface area contributed by atoms with Gasteiger partial charge in [-0.15, -0.1) is 17.9 Å². The summed E-state index contributed by atoms with van der Waals surface area (Å²) < 4.78 is 3.18. The maximum absolute atomic E-state index is 12.1. The molecule has 0 aliphatic heterocycles. The van der Waals surface area contributed by atoms with Crippen molar-refractivity contribution in [3.8, 4) is 0 Å². The predicted molar refractivity (Wildman–Crippen MR) is 70.5 cm³/mol. The highest BCUT2D eigenvalue weighted by atomic mass is 32.1. The van der Waals surface area contributed by atoms with Crippen LogP contribution in [-0.4, -0.2) is 16.5 Å². The second-order valence-corrected chi connectivity index (χ2v) is 5.29. The topological polar surface area (TPSA) is 34.0 Å². The number of carbonyl (C=O) groups excluding carboxylic acids is 1. The average molecular weight is 246 g/mol. The molecule has 0 saturated heterocycles. The summed E-state index contributed by atoms with van der Waals surface area (Å²) in [6.07, 6.45) is 4.05. The number of carbonyl (C=O) groups is 1. The lowest BCUT2D eigenvalue weighted by molar-refractivity contribution is 0.0943. The molecule has 17 heavy (non-hydrogen) atoms. The third kappa shape index (κ3) is 1.89. The number of nitrogens with zero attached hydrogens (tertiary/aromatic N) is 1. The SMILES string of the molecule is C=CCn1c(C(=O)NC2CC2)cc2sccc21. The minimum atomic E-state index is 0.0396. The summed E-state index contributed by atoms with van der Waals surface area (Å²) in [7, 11) is 0. The number of nitrogens with one attached hydrogen (secondary N) is 1. The van der Waals surface area contributed by atoms with Crippen molar-refractivity contribution in [2.24, 2.45) is 0 Å². The first-order chi connectivity index (χ1) is 8.29. The number of amides is 1. The Kier molecular flexibility index (Phi) is 2.52. The van der Waals surface area contributed by atoms with Crippen LogP contribution < -0.4 is 5.32 Å². The summed E-state index contributed by atoms with van der Waals surface area (Å²) in [5, 5.41) is 5.08. The second kappa shape index (κ2) is 4.04. The summed E-state index contributed by atoms with van der Waals surface area (Å²) in [4.78, 5) is 12.1. The van der Waals surface area contributed by atoms with Gasteiger partial charge in [0, 0.05) is 12.6 Å². The molecular formula is C13H14N2OS. The Balaban J connectivity index is 2.00. The summed E-state index contributed by atoms with van der Waals surface area (Å²) in [6.45, 7) is 4.43. The Morgan fingerprint density at radius 3 is 3.18 bits per heavy atom. The largest absolute Gasteiger partial charge is 0.348 e. The first-order valence-corrected chi connectivity index (χ1v) is 6.66. The number of hydrogen-bond acceptors (Lipinski definition) is 2. The Morgan fingerprint density at radius 2 is 2.47 bits per heavy atom. The molecule has 3 nitrogen and oxygen atoms in total. The number of fused-ring (bicyclic) bond motifs is 1. The highest BCUT2D eigenvalue weighted by Gasteiger charge is 2.25. The van der Waals surface area contributed by atoms with E-state index in [1.807, 2.05) is 22.1 Å². The fourth-order valence-corrected chi connectivity index (χ4v) is 2.80. The molecule has 4 heteroatoms. The first-order valence-electron chi connectivity index (χ1n) is 5.78. The van der Waals surface area contributed by atoms with Gasteiger partial charge >= 0.3 is 0 Å². The van der Waals surface area contributed by atoms with E-state index in [1.54, 1.807) is 11.3 Å². The molecule has 1 aliphatic carbocycles. The van der Waals surface area contributed by atoms with Gasteiger partial charge in [0.05, 0.1) is 10.2 Å². The zero-order chi connectivity index (χ0) is 11.8.